The Morgan fingerprint density at radius 3 is 2.57 bits per heavy atom. The SMILES string of the molecule is Cc1ccncc1-c1c2ccc(CC(C)C)cc2cc(C)[n+]1C. The summed E-state index contributed by atoms with van der Waals surface area (Å²) in [6, 6.07) is 11.3. The highest BCUT2D eigenvalue weighted by atomic mass is 14.9. The van der Waals surface area contributed by atoms with Gasteiger partial charge in [0.25, 0.3) is 0 Å². The summed E-state index contributed by atoms with van der Waals surface area (Å²) in [7, 11) is 2.14. The Kier molecular flexibility index (Phi) is 4.16. The van der Waals surface area contributed by atoms with Crippen LogP contribution in [0.4, 0.5) is 0 Å². The van der Waals surface area contributed by atoms with Crippen LogP contribution < -0.4 is 4.57 Å². The predicted octanol–water partition coefficient (Wildman–Crippen LogP) is 4.54. The van der Waals surface area contributed by atoms with Crippen LogP contribution in [0.2, 0.25) is 0 Å². The molecule has 0 aliphatic rings. The van der Waals surface area contributed by atoms with E-state index in [0.29, 0.717) is 5.92 Å². The fourth-order valence-electron chi connectivity index (χ4n) is 3.26. The van der Waals surface area contributed by atoms with Crippen LogP contribution >= 0.6 is 0 Å². The summed E-state index contributed by atoms with van der Waals surface area (Å²) in [4.78, 5) is 4.34. The molecule has 0 bridgehead atoms. The lowest BCUT2D eigenvalue weighted by molar-refractivity contribution is -0.665. The van der Waals surface area contributed by atoms with Gasteiger partial charge in [0.2, 0.25) is 5.69 Å². The number of nitrogens with zero attached hydrogens (tertiary/aromatic N) is 2. The summed E-state index contributed by atoms with van der Waals surface area (Å²) in [5.41, 5.74) is 6.39. The lowest BCUT2D eigenvalue weighted by Gasteiger charge is -2.11. The zero-order valence-electron chi connectivity index (χ0n) is 14.7. The molecule has 2 nitrogen and oxygen atoms in total. The van der Waals surface area contributed by atoms with Gasteiger partial charge >= 0.3 is 0 Å². The Balaban J connectivity index is 2.28. The van der Waals surface area contributed by atoms with Crippen molar-refractivity contribution in [3.8, 4) is 11.3 Å². The van der Waals surface area contributed by atoms with Gasteiger partial charge in [-0.05, 0) is 47.9 Å². The van der Waals surface area contributed by atoms with E-state index in [-0.39, 0.29) is 0 Å². The molecule has 2 heteroatoms. The zero-order chi connectivity index (χ0) is 16.6. The number of hydrogen-bond donors (Lipinski definition) is 0. The Morgan fingerprint density at radius 1 is 1.09 bits per heavy atom. The van der Waals surface area contributed by atoms with Crippen LogP contribution in [-0.2, 0) is 13.5 Å². The second-order valence-electron chi connectivity index (χ2n) is 6.90. The van der Waals surface area contributed by atoms with Crippen LogP contribution in [0.5, 0.6) is 0 Å². The number of aryl methyl sites for hydroxylation is 2. The van der Waals surface area contributed by atoms with Gasteiger partial charge in [-0.3, -0.25) is 4.98 Å². The molecule has 0 spiro atoms. The zero-order valence-corrected chi connectivity index (χ0v) is 14.7. The largest absolute Gasteiger partial charge is 0.264 e. The molecule has 0 amide bonds. The van der Waals surface area contributed by atoms with E-state index in [0.717, 1.165) is 6.42 Å². The van der Waals surface area contributed by atoms with Crippen LogP contribution in [0, 0.1) is 19.8 Å². The number of rotatable bonds is 3. The van der Waals surface area contributed by atoms with E-state index < -0.39 is 0 Å². The van der Waals surface area contributed by atoms with Crippen molar-refractivity contribution in [3.63, 3.8) is 0 Å². The number of benzene rings is 1. The van der Waals surface area contributed by atoms with Gasteiger partial charge in [-0.1, -0.05) is 26.0 Å². The van der Waals surface area contributed by atoms with E-state index in [9.17, 15) is 0 Å². The van der Waals surface area contributed by atoms with Crippen molar-refractivity contribution in [1.29, 1.82) is 0 Å². The van der Waals surface area contributed by atoms with E-state index in [1.807, 2.05) is 12.4 Å². The minimum atomic E-state index is 0.674. The first-order valence-electron chi connectivity index (χ1n) is 8.30. The summed E-state index contributed by atoms with van der Waals surface area (Å²) in [6.07, 6.45) is 4.96. The van der Waals surface area contributed by atoms with Gasteiger partial charge in [0.05, 0.1) is 10.9 Å². The van der Waals surface area contributed by atoms with Crippen molar-refractivity contribution in [2.24, 2.45) is 13.0 Å². The second-order valence-corrected chi connectivity index (χ2v) is 6.90. The highest BCUT2D eigenvalue weighted by molar-refractivity contribution is 5.94. The number of fused-ring (bicyclic) bond motifs is 1. The lowest BCUT2D eigenvalue weighted by Crippen LogP contribution is -2.35. The number of hydrogen-bond acceptors (Lipinski definition) is 1. The molecule has 0 atom stereocenters. The molecule has 0 unspecified atom stereocenters. The van der Waals surface area contributed by atoms with E-state index in [4.69, 9.17) is 0 Å². The summed E-state index contributed by atoms with van der Waals surface area (Å²) < 4.78 is 2.27. The van der Waals surface area contributed by atoms with Crippen LogP contribution in [0.3, 0.4) is 0 Å². The molecule has 0 aliphatic heterocycles. The van der Waals surface area contributed by atoms with Crippen LogP contribution in [0.15, 0.2) is 42.7 Å². The molecule has 1 aromatic carbocycles. The Hall–Kier alpha value is -2.22. The summed E-state index contributed by atoms with van der Waals surface area (Å²) in [6.45, 7) is 8.86. The molecule has 118 valence electrons. The topological polar surface area (TPSA) is 16.8 Å². The van der Waals surface area contributed by atoms with Crippen LogP contribution in [0.1, 0.15) is 30.7 Å². The monoisotopic (exact) mass is 305 g/mol. The van der Waals surface area contributed by atoms with E-state index in [1.54, 1.807) is 0 Å². The van der Waals surface area contributed by atoms with Gasteiger partial charge in [0.15, 0.2) is 5.69 Å². The molecule has 3 rings (SSSR count). The van der Waals surface area contributed by atoms with Crippen molar-refractivity contribution in [2.45, 2.75) is 34.1 Å². The van der Waals surface area contributed by atoms with E-state index in [2.05, 4.69) is 74.6 Å². The van der Waals surface area contributed by atoms with Gasteiger partial charge in [-0.2, -0.15) is 4.57 Å². The maximum absolute atomic E-state index is 4.34. The molecule has 0 fully saturated rings. The number of pyridine rings is 2. The summed E-state index contributed by atoms with van der Waals surface area (Å²) in [5.74, 6) is 0.674. The van der Waals surface area contributed by atoms with Crippen LogP contribution in [0.25, 0.3) is 22.0 Å². The fourth-order valence-corrected chi connectivity index (χ4v) is 3.26. The molecule has 0 radical (unpaired) electrons. The van der Waals surface area contributed by atoms with Gasteiger partial charge in [-0.25, -0.2) is 0 Å². The molecule has 0 aliphatic carbocycles. The average molecular weight is 305 g/mol. The maximum Gasteiger partial charge on any atom is 0.222 e. The van der Waals surface area contributed by atoms with Gasteiger partial charge < -0.3 is 0 Å². The average Bonchev–Trinajstić information content (AvgIpc) is 2.49. The first-order chi connectivity index (χ1) is 11.0. The first kappa shape index (κ1) is 15.7. The molecular weight excluding hydrogens is 280 g/mol. The van der Waals surface area contributed by atoms with Crippen LogP contribution in [-0.4, -0.2) is 4.98 Å². The molecule has 2 aromatic heterocycles. The maximum atomic E-state index is 4.34. The summed E-state index contributed by atoms with van der Waals surface area (Å²) >= 11 is 0. The molecule has 23 heavy (non-hydrogen) atoms. The van der Waals surface area contributed by atoms with Crippen molar-refractivity contribution in [1.82, 2.24) is 4.98 Å². The first-order valence-corrected chi connectivity index (χ1v) is 8.30. The third-order valence-electron chi connectivity index (χ3n) is 4.54. The van der Waals surface area contributed by atoms with E-state index in [1.165, 1.54) is 38.9 Å². The minimum Gasteiger partial charge on any atom is -0.264 e. The number of aromatic nitrogens is 2. The lowest BCUT2D eigenvalue weighted by atomic mass is 9.96. The Bertz CT molecular complexity index is 863. The normalized spacial score (nSPS) is 11.4. The van der Waals surface area contributed by atoms with Gasteiger partial charge in [-0.15, -0.1) is 0 Å². The van der Waals surface area contributed by atoms with Crippen molar-refractivity contribution in [3.05, 3.63) is 59.5 Å². The van der Waals surface area contributed by atoms with Crippen molar-refractivity contribution < 1.29 is 4.57 Å². The molecule has 0 saturated heterocycles. The second kappa shape index (κ2) is 6.11. The highest BCUT2D eigenvalue weighted by Crippen LogP contribution is 2.29. The molecular formula is C21H25N2+. The molecule has 0 N–H and O–H groups in total. The smallest absolute Gasteiger partial charge is 0.222 e. The Morgan fingerprint density at radius 2 is 1.87 bits per heavy atom. The van der Waals surface area contributed by atoms with Gasteiger partial charge in [0, 0.05) is 25.4 Å². The highest BCUT2D eigenvalue weighted by Gasteiger charge is 2.19. The third-order valence-corrected chi connectivity index (χ3v) is 4.54. The fraction of sp³-hybridized carbons (Fsp3) is 0.333. The third kappa shape index (κ3) is 2.98. The minimum absolute atomic E-state index is 0.674. The van der Waals surface area contributed by atoms with E-state index >= 15 is 0 Å². The molecule has 3 aromatic rings. The standard InChI is InChI=1S/C21H25N2/c1-14(2)10-17-6-7-19-18(12-17)11-16(4)23(5)21(19)20-13-22-9-8-15(20)3/h6-9,11-14H,10H2,1-5H3/q+1. The van der Waals surface area contributed by atoms with Gasteiger partial charge in [0.1, 0.15) is 7.05 Å². The Labute approximate surface area is 138 Å². The van der Waals surface area contributed by atoms with Crippen molar-refractivity contribution >= 4 is 10.8 Å². The van der Waals surface area contributed by atoms with Crippen molar-refractivity contribution in [2.75, 3.05) is 0 Å². The predicted molar refractivity (Wildman–Crippen MR) is 96.4 cm³/mol. The summed E-state index contributed by atoms with van der Waals surface area (Å²) in [5, 5.41) is 2.61. The quantitative estimate of drug-likeness (QED) is 0.649. The molecule has 2 heterocycles. The molecule has 0 saturated carbocycles.